The van der Waals surface area contributed by atoms with Crippen LogP contribution in [0.2, 0.25) is 0 Å². The molecule has 0 saturated heterocycles. The molecule has 1 nitrogen and oxygen atoms in total. The van der Waals surface area contributed by atoms with Crippen LogP contribution in [0, 0.1) is 0 Å². The van der Waals surface area contributed by atoms with Crippen molar-refractivity contribution in [1.82, 2.24) is 0 Å². The molecule has 0 aromatic carbocycles. The molecule has 2 heteroatoms. The molecule has 1 rings (SSSR count). The lowest BCUT2D eigenvalue weighted by atomic mass is 10.2. The lowest BCUT2D eigenvalue weighted by molar-refractivity contribution is 0.159. The average Bonchev–Trinajstić information content (AvgIpc) is 1.93. The van der Waals surface area contributed by atoms with Crippen LogP contribution in [0.4, 0.5) is 0 Å². The Labute approximate surface area is 64.6 Å². The molecule has 1 aliphatic carbocycles. The summed E-state index contributed by atoms with van der Waals surface area (Å²) in [5.74, 6) is 0. The van der Waals surface area contributed by atoms with Crippen molar-refractivity contribution in [1.29, 1.82) is 0 Å². The fourth-order valence-corrected chi connectivity index (χ4v) is 2.03. The summed E-state index contributed by atoms with van der Waals surface area (Å²) >= 11 is 3.52. The van der Waals surface area contributed by atoms with Gasteiger partial charge in [0.25, 0.3) is 0 Å². The number of rotatable bonds is 0. The predicted octanol–water partition coefficient (Wildman–Crippen LogP) is 2.07. The number of alkyl halides is 1. The average molecular weight is 193 g/mol. The monoisotopic (exact) mass is 192 g/mol. The number of halogens is 1. The van der Waals surface area contributed by atoms with Crippen LogP contribution in [-0.2, 0) is 0 Å². The van der Waals surface area contributed by atoms with E-state index in [1.54, 1.807) is 0 Å². The highest BCUT2D eigenvalue weighted by atomic mass is 79.9. The van der Waals surface area contributed by atoms with Gasteiger partial charge in [-0.05, 0) is 19.3 Å². The zero-order chi connectivity index (χ0) is 6.69. The van der Waals surface area contributed by atoms with Gasteiger partial charge in [-0.2, -0.15) is 0 Å². The van der Waals surface area contributed by atoms with Crippen LogP contribution in [-0.4, -0.2) is 16.0 Å². The molecule has 0 bridgehead atoms. The Balaban J connectivity index is 2.29. The van der Waals surface area contributed by atoms with Crippen LogP contribution in [0.5, 0.6) is 0 Å². The van der Waals surface area contributed by atoms with Crippen LogP contribution in [0.15, 0.2) is 0 Å². The van der Waals surface area contributed by atoms with E-state index in [9.17, 15) is 5.11 Å². The molecule has 0 aromatic rings. The van der Waals surface area contributed by atoms with E-state index in [1.807, 2.05) is 0 Å². The molecule has 1 fully saturated rings. The smallest absolute Gasteiger partial charge is 0.0550 e. The van der Waals surface area contributed by atoms with E-state index in [1.165, 1.54) is 19.3 Å². The summed E-state index contributed by atoms with van der Waals surface area (Å²) in [6, 6.07) is 0. The second kappa shape index (κ2) is 3.57. The zero-order valence-corrected chi connectivity index (χ0v) is 7.10. The SMILES string of the molecule is OC1CCCCC(Br)C1. The topological polar surface area (TPSA) is 20.2 Å². The van der Waals surface area contributed by atoms with Gasteiger partial charge in [0.2, 0.25) is 0 Å². The molecule has 1 N–H and O–H groups in total. The maximum atomic E-state index is 9.23. The van der Waals surface area contributed by atoms with Crippen molar-refractivity contribution >= 4 is 15.9 Å². The Kier molecular flexibility index (Phi) is 2.99. The highest BCUT2D eigenvalue weighted by Crippen LogP contribution is 2.22. The van der Waals surface area contributed by atoms with Crippen molar-refractivity contribution in [2.75, 3.05) is 0 Å². The standard InChI is InChI=1S/C7H13BrO/c8-6-3-1-2-4-7(9)5-6/h6-7,9H,1-5H2. The second-order valence-corrected chi connectivity index (χ2v) is 4.07. The van der Waals surface area contributed by atoms with E-state index >= 15 is 0 Å². The summed E-state index contributed by atoms with van der Waals surface area (Å²) in [5, 5.41) is 9.23. The van der Waals surface area contributed by atoms with Crippen molar-refractivity contribution < 1.29 is 5.11 Å². The van der Waals surface area contributed by atoms with E-state index in [0.29, 0.717) is 4.83 Å². The van der Waals surface area contributed by atoms with E-state index in [0.717, 1.165) is 12.8 Å². The Morgan fingerprint density at radius 1 is 1.22 bits per heavy atom. The van der Waals surface area contributed by atoms with E-state index < -0.39 is 0 Å². The fraction of sp³-hybridized carbons (Fsp3) is 1.00. The van der Waals surface area contributed by atoms with Crippen LogP contribution in [0.1, 0.15) is 32.1 Å². The quantitative estimate of drug-likeness (QED) is 0.461. The summed E-state index contributed by atoms with van der Waals surface area (Å²) in [4.78, 5) is 0.565. The number of hydrogen-bond acceptors (Lipinski definition) is 1. The van der Waals surface area contributed by atoms with Gasteiger partial charge in [0.15, 0.2) is 0 Å². The third-order valence-electron chi connectivity index (χ3n) is 1.83. The highest BCUT2D eigenvalue weighted by molar-refractivity contribution is 9.09. The molecule has 0 spiro atoms. The lowest BCUT2D eigenvalue weighted by Crippen LogP contribution is -2.09. The summed E-state index contributed by atoms with van der Waals surface area (Å²) in [7, 11) is 0. The van der Waals surface area contributed by atoms with Crippen LogP contribution >= 0.6 is 15.9 Å². The predicted molar refractivity (Wildman–Crippen MR) is 41.8 cm³/mol. The molecule has 1 saturated carbocycles. The van der Waals surface area contributed by atoms with Gasteiger partial charge in [-0.25, -0.2) is 0 Å². The van der Waals surface area contributed by atoms with E-state index in [-0.39, 0.29) is 6.10 Å². The fourth-order valence-electron chi connectivity index (χ4n) is 1.28. The molecule has 2 unspecified atom stereocenters. The molecule has 0 heterocycles. The van der Waals surface area contributed by atoms with Crippen LogP contribution in [0.3, 0.4) is 0 Å². The molecule has 0 amide bonds. The van der Waals surface area contributed by atoms with Crippen molar-refractivity contribution in [3.05, 3.63) is 0 Å². The van der Waals surface area contributed by atoms with E-state index in [2.05, 4.69) is 15.9 Å². The minimum atomic E-state index is -0.0446. The van der Waals surface area contributed by atoms with E-state index in [4.69, 9.17) is 0 Å². The number of hydrogen-bond donors (Lipinski definition) is 1. The first kappa shape index (κ1) is 7.55. The van der Waals surface area contributed by atoms with Crippen LogP contribution < -0.4 is 0 Å². The minimum absolute atomic E-state index is 0.0446. The maximum absolute atomic E-state index is 9.23. The zero-order valence-electron chi connectivity index (χ0n) is 5.52. The molecular formula is C7H13BrO. The van der Waals surface area contributed by atoms with Gasteiger partial charge in [-0.15, -0.1) is 0 Å². The molecule has 54 valence electrons. The molecule has 0 aliphatic heterocycles. The Morgan fingerprint density at radius 3 is 2.67 bits per heavy atom. The van der Waals surface area contributed by atoms with Crippen molar-refractivity contribution in [3.8, 4) is 0 Å². The van der Waals surface area contributed by atoms with Gasteiger partial charge in [-0.3, -0.25) is 0 Å². The summed E-state index contributed by atoms with van der Waals surface area (Å²) in [5.41, 5.74) is 0. The van der Waals surface area contributed by atoms with Gasteiger partial charge >= 0.3 is 0 Å². The van der Waals surface area contributed by atoms with Crippen molar-refractivity contribution in [2.45, 2.75) is 43.0 Å². The van der Waals surface area contributed by atoms with Gasteiger partial charge in [0.05, 0.1) is 6.10 Å². The molecule has 2 atom stereocenters. The number of aliphatic hydroxyl groups is 1. The normalized spacial score (nSPS) is 38.0. The highest BCUT2D eigenvalue weighted by Gasteiger charge is 2.14. The molecule has 1 aliphatic rings. The first-order valence-corrected chi connectivity index (χ1v) is 4.53. The van der Waals surface area contributed by atoms with Gasteiger partial charge in [-0.1, -0.05) is 28.8 Å². The van der Waals surface area contributed by atoms with Crippen molar-refractivity contribution in [3.63, 3.8) is 0 Å². The maximum Gasteiger partial charge on any atom is 0.0550 e. The van der Waals surface area contributed by atoms with Gasteiger partial charge in [0, 0.05) is 4.83 Å². The lowest BCUT2D eigenvalue weighted by Gasteiger charge is -2.07. The number of aliphatic hydroxyl groups excluding tert-OH is 1. The largest absolute Gasteiger partial charge is 0.393 e. The minimum Gasteiger partial charge on any atom is -0.393 e. The first-order chi connectivity index (χ1) is 4.29. The molecule has 0 radical (unpaired) electrons. The Hall–Kier alpha value is 0.440. The van der Waals surface area contributed by atoms with Gasteiger partial charge in [0.1, 0.15) is 0 Å². The summed E-state index contributed by atoms with van der Waals surface area (Å²) < 4.78 is 0. The summed E-state index contributed by atoms with van der Waals surface area (Å²) in [6.07, 6.45) is 5.60. The Bertz CT molecular complexity index is 75.0. The van der Waals surface area contributed by atoms with Crippen LogP contribution in [0.25, 0.3) is 0 Å². The second-order valence-electron chi connectivity index (χ2n) is 2.77. The first-order valence-electron chi connectivity index (χ1n) is 3.61. The summed E-state index contributed by atoms with van der Waals surface area (Å²) in [6.45, 7) is 0. The Morgan fingerprint density at radius 2 is 1.89 bits per heavy atom. The third-order valence-corrected chi connectivity index (χ3v) is 2.66. The molecule has 9 heavy (non-hydrogen) atoms. The molecule has 0 aromatic heterocycles. The molecular weight excluding hydrogens is 180 g/mol. The van der Waals surface area contributed by atoms with Gasteiger partial charge < -0.3 is 5.11 Å². The third kappa shape index (κ3) is 2.67. The van der Waals surface area contributed by atoms with Crippen molar-refractivity contribution in [2.24, 2.45) is 0 Å².